The highest BCUT2D eigenvalue weighted by Gasteiger charge is 2.25. The van der Waals surface area contributed by atoms with Crippen LogP contribution in [0.25, 0.3) is 0 Å². The first-order valence-electron chi connectivity index (χ1n) is 7.23. The molecule has 1 atom stereocenters. The van der Waals surface area contributed by atoms with Gasteiger partial charge < -0.3 is 10.0 Å². The SMILES string of the molecule is CC1(C)CCN(CCC(O)c2ccc(F)cc2Br)CC1. The van der Waals surface area contributed by atoms with Crippen molar-refractivity contribution in [2.24, 2.45) is 5.41 Å². The molecule has 1 aromatic rings. The number of likely N-dealkylation sites (tertiary alicyclic amines) is 1. The van der Waals surface area contributed by atoms with Gasteiger partial charge in [-0.2, -0.15) is 0 Å². The monoisotopic (exact) mass is 343 g/mol. The van der Waals surface area contributed by atoms with Crippen molar-refractivity contribution < 1.29 is 9.50 Å². The zero-order valence-corrected chi connectivity index (χ0v) is 13.8. The molecule has 2 rings (SSSR count). The van der Waals surface area contributed by atoms with Crippen LogP contribution in [0.1, 0.15) is 44.8 Å². The zero-order chi connectivity index (χ0) is 14.8. The number of aliphatic hydroxyl groups excluding tert-OH is 1. The Hall–Kier alpha value is -0.450. The summed E-state index contributed by atoms with van der Waals surface area (Å²) >= 11 is 3.32. The maximum Gasteiger partial charge on any atom is 0.124 e. The molecule has 0 aliphatic carbocycles. The normalized spacial score (nSPS) is 20.9. The lowest BCUT2D eigenvalue weighted by molar-refractivity contribution is 0.101. The van der Waals surface area contributed by atoms with E-state index in [1.165, 1.54) is 25.0 Å². The lowest BCUT2D eigenvalue weighted by Crippen LogP contribution is -2.38. The van der Waals surface area contributed by atoms with Crippen LogP contribution in [0.2, 0.25) is 0 Å². The number of hydrogen-bond donors (Lipinski definition) is 1. The van der Waals surface area contributed by atoms with Crippen molar-refractivity contribution in [3.8, 4) is 0 Å². The van der Waals surface area contributed by atoms with Gasteiger partial charge in [0.05, 0.1) is 6.10 Å². The Labute approximate surface area is 129 Å². The third-order valence-electron chi connectivity index (χ3n) is 4.25. The second kappa shape index (κ2) is 6.54. The molecule has 0 amide bonds. The molecule has 1 N–H and O–H groups in total. The summed E-state index contributed by atoms with van der Waals surface area (Å²) < 4.78 is 13.7. The number of piperidine rings is 1. The van der Waals surface area contributed by atoms with Gasteiger partial charge in [-0.15, -0.1) is 0 Å². The minimum Gasteiger partial charge on any atom is -0.388 e. The van der Waals surface area contributed by atoms with Gasteiger partial charge in [-0.1, -0.05) is 35.8 Å². The van der Waals surface area contributed by atoms with Crippen LogP contribution in [0.5, 0.6) is 0 Å². The van der Waals surface area contributed by atoms with Gasteiger partial charge in [-0.25, -0.2) is 4.39 Å². The molecule has 1 fully saturated rings. The van der Waals surface area contributed by atoms with Gasteiger partial charge >= 0.3 is 0 Å². The maximum atomic E-state index is 13.0. The first kappa shape index (κ1) is 15.9. The van der Waals surface area contributed by atoms with Gasteiger partial charge in [-0.05, 0) is 55.5 Å². The molecular formula is C16H23BrFNO. The lowest BCUT2D eigenvalue weighted by Gasteiger charge is -2.37. The summed E-state index contributed by atoms with van der Waals surface area (Å²) in [5.74, 6) is -0.286. The number of benzene rings is 1. The van der Waals surface area contributed by atoms with Gasteiger partial charge in [0.2, 0.25) is 0 Å². The predicted molar refractivity (Wildman–Crippen MR) is 83.1 cm³/mol. The molecule has 0 aromatic heterocycles. The lowest BCUT2D eigenvalue weighted by atomic mass is 9.82. The minimum absolute atomic E-state index is 0.286. The highest BCUT2D eigenvalue weighted by atomic mass is 79.9. The summed E-state index contributed by atoms with van der Waals surface area (Å²) in [6, 6.07) is 4.46. The molecule has 0 spiro atoms. The molecule has 0 bridgehead atoms. The standard InChI is InChI=1S/C16H23BrFNO/c1-16(2)6-9-19(10-7-16)8-5-15(20)13-4-3-12(18)11-14(13)17/h3-4,11,15,20H,5-10H2,1-2H3. The highest BCUT2D eigenvalue weighted by Crippen LogP contribution is 2.31. The van der Waals surface area contributed by atoms with Crippen molar-refractivity contribution in [2.75, 3.05) is 19.6 Å². The number of aliphatic hydroxyl groups is 1. The van der Waals surface area contributed by atoms with E-state index in [0.717, 1.165) is 25.2 Å². The van der Waals surface area contributed by atoms with Gasteiger partial charge in [0.1, 0.15) is 5.82 Å². The molecule has 1 unspecified atom stereocenters. The van der Waals surface area contributed by atoms with Gasteiger partial charge in [-0.3, -0.25) is 0 Å². The molecule has 4 heteroatoms. The molecule has 1 aromatic carbocycles. The summed E-state index contributed by atoms with van der Waals surface area (Å²) in [6.07, 6.45) is 2.57. The molecule has 20 heavy (non-hydrogen) atoms. The molecule has 1 saturated heterocycles. The summed E-state index contributed by atoms with van der Waals surface area (Å²) in [4.78, 5) is 2.41. The Kier molecular flexibility index (Phi) is 5.21. The van der Waals surface area contributed by atoms with Crippen LogP contribution in [0, 0.1) is 11.2 Å². The fraction of sp³-hybridized carbons (Fsp3) is 0.625. The van der Waals surface area contributed by atoms with E-state index in [-0.39, 0.29) is 5.82 Å². The van der Waals surface area contributed by atoms with Crippen molar-refractivity contribution in [3.63, 3.8) is 0 Å². The molecule has 112 valence electrons. The van der Waals surface area contributed by atoms with Crippen molar-refractivity contribution in [3.05, 3.63) is 34.1 Å². The quantitative estimate of drug-likeness (QED) is 0.888. The smallest absolute Gasteiger partial charge is 0.124 e. The number of halogens is 2. The van der Waals surface area contributed by atoms with E-state index < -0.39 is 6.10 Å². The van der Waals surface area contributed by atoms with E-state index in [4.69, 9.17) is 0 Å². The summed E-state index contributed by atoms with van der Waals surface area (Å²) in [5.41, 5.74) is 1.22. The van der Waals surface area contributed by atoms with Crippen molar-refractivity contribution in [1.29, 1.82) is 0 Å². The van der Waals surface area contributed by atoms with Crippen LogP contribution in [0.4, 0.5) is 4.39 Å². The van der Waals surface area contributed by atoms with E-state index in [2.05, 4.69) is 34.7 Å². The van der Waals surface area contributed by atoms with E-state index in [0.29, 0.717) is 16.3 Å². The maximum absolute atomic E-state index is 13.0. The van der Waals surface area contributed by atoms with Gasteiger partial charge in [0, 0.05) is 11.0 Å². The first-order valence-corrected chi connectivity index (χ1v) is 8.02. The van der Waals surface area contributed by atoms with E-state index >= 15 is 0 Å². The Balaban J connectivity index is 1.85. The van der Waals surface area contributed by atoms with Crippen LogP contribution < -0.4 is 0 Å². The van der Waals surface area contributed by atoms with Crippen LogP contribution in [0.3, 0.4) is 0 Å². The molecule has 0 radical (unpaired) electrons. The highest BCUT2D eigenvalue weighted by molar-refractivity contribution is 9.10. The van der Waals surface area contributed by atoms with Crippen molar-refractivity contribution in [2.45, 2.75) is 39.2 Å². The third-order valence-corrected chi connectivity index (χ3v) is 4.94. The van der Waals surface area contributed by atoms with Crippen molar-refractivity contribution in [1.82, 2.24) is 4.90 Å². The van der Waals surface area contributed by atoms with Gasteiger partial charge in [0.15, 0.2) is 0 Å². The Bertz CT molecular complexity index is 454. The number of rotatable bonds is 4. The Morgan fingerprint density at radius 3 is 2.60 bits per heavy atom. The molecule has 1 heterocycles. The average Bonchev–Trinajstić information content (AvgIpc) is 2.37. The van der Waals surface area contributed by atoms with Crippen LogP contribution >= 0.6 is 15.9 Å². The first-order chi connectivity index (χ1) is 9.37. The van der Waals surface area contributed by atoms with Gasteiger partial charge in [0.25, 0.3) is 0 Å². The largest absolute Gasteiger partial charge is 0.388 e. The Morgan fingerprint density at radius 1 is 1.35 bits per heavy atom. The van der Waals surface area contributed by atoms with E-state index in [1.54, 1.807) is 6.07 Å². The summed E-state index contributed by atoms with van der Waals surface area (Å²) in [5, 5.41) is 10.2. The molecule has 1 aliphatic rings. The van der Waals surface area contributed by atoms with E-state index in [1.807, 2.05) is 0 Å². The Morgan fingerprint density at radius 2 is 2.00 bits per heavy atom. The molecule has 0 saturated carbocycles. The molecule has 2 nitrogen and oxygen atoms in total. The zero-order valence-electron chi connectivity index (χ0n) is 12.2. The second-order valence-corrected chi connectivity index (χ2v) is 7.33. The summed E-state index contributed by atoms with van der Waals surface area (Å²) in [6.45, 7) is 7.72. The fourth-order valence-electron chi connectivity index (χ4n) is 2.61. The number of nitrogens with zero attached hydrogens (tertiary/aromatic N) is 1. The second-order valence-electron chi connectivity index (χ2n) is 6.48. The van der Waals surface area contributed by atoms with E-state index in [9.17, 15) is 9.50 Å². The molecular weight excluding hydrogens is 321 g/mol. The predicted octanol–water partition coefficient (Wildman–Crippen LogP) is 4.13. The minimum atomic E-state index is -0.542. The number of hydrogen-bond acceptors (Lipinski definition) is 2. The van der Waals surface area contributed by atoms with Crippen LogP contribution in [-0.4, -0.2) is 29.6 Å². The average molecular weight is 344 g/mol. The van der Waals surface area contributed by atoms with Crippen molar-refractivity contribution >= 4 is 15.9 Å². The third kappa shape index (κ3) is 4.27. The van der Waals surface area contributed by atoms with Crippen LogP contribution in [-0.2, 0) is 0 Å². The molecule has 1 aliphatic heterocycles. The fourth-order valence-corrected chi connectivity index (χ4v) is 3.23. The topological polar surface area (TPSA) is 23.5 Å². The summed E-state index contributed by atoms with van der Waals surface area (Å²) in [7, 11) is 0. The van der Waals surface area contributed by atoms with Crippen LogP contribution in [0.15, 0.2) is 22.7 Å².